The van der Waals surface area contributed by atoms with Crippen molar-refractivity contribution in [2.24, 2.45) is 0 Å². The Hall–Kier alpha value is -3.66. The molecule has 0 atom stereocenters. The maximum atomic E-state index is 14.4. The second-order valence-corrected chi connectivity index (χ2v) is 7.80. The fourth-order valence-corrected chi connectivity index (χ4v) is 3.70. The fourth-order valence-electron chi connectivity index (χ4n) is 3.70. The lowest BCUT2D eigenvalue weighted by Gasteiger charge is -2.34. The molecule has 0 unspecified atom stereocenters. The van der Waals surface area contributed by atoms with Crippen molar-refractivity contribution >= 4 is 34.8 Å². The third-order valence-corrected chi connectivity index (χ3v) is 5.47. The van der Waals surface area contributed by atoms with Crippen LogP contribution in [0.5, 0.6) is 5.75 Å². The van der Waals surface area contributed by atoms with E-state index in [2.05, 4.69) is 59.9 Å². The van der Waals surface area contributed by atoms with Gasteiger partial charge in [0.25, 0.3) is 0 Å². The Bertz CT molecular complexity index is 1100. The number of nitrogens with one attached hydrogen (secondary N) is 3. The Morgan fingerprint density at radius 1 is 1.06 bits per heavy atom. The molecule has 10 heteroatoms. The number of hydrogen-bond donors (Lipinski definition) is 3. The van der Waals surface area contributed by atoms with Crippen molar-refractivity contribution < 1.29 is 9.13 Å². The Balaban J connectivity index is 1.31. The van der Waals surface area contributed by atoms with Gasteiger partial charge < -0.3 is 30.5 Å². The van der Waals surface area contributed by atoms with Gasteiger partial charge in [-0.1, -0.05) is 6.07 Å². The number of benzene rings is 1. The number of ether oxygens (including phenoxy) is 1. The van der Waals surface area contributed by atoms with E-state index in [0.29, 0.717) is 36.5 Å². The SMILES string of the molecule is CN1CCN(c2cccc(Nc3ncc(F)c(Nc4ccc5c(n4)NCCO5)n3)c2)CC1. The molecule has 2 aliphatic heterocycles. The van der Waals surface area contributed by atoms with E-state index in [-0.39, 0.29) is 5.82 Å². The van der Waals surface area contributed by atoms with E-state index in [1.54, 1.807) is 12.1 Å². The van der Waals surface area contributed by atoms with Gasteiger partial charge in [-0.25, -0.2) is 14.4 Å². The molecular formula is C22H25FN8O. The number of likely N-dealkylation sites (N-methyl/N-ethyl adjacent to an activating group) is 1. The number of fused-ring (bicyclic) bond motifs is 1. The summed E-state index contributed by atoms with van der Waals surface area (Å²) in [6.07, 6.45) is 1.14. The van der Waals surface area contributed by atoms with Crippen LogP contribution in [0, 0.1) is 5.82 Å². The summed E-state index contributed by atoms with van der Waals surface area (Å²) in [5, 5.41) is 9.27. The minimum atomic E-state index is -0.564. The van der Waals surface area contributed by atoms with Gasteiger partial charge >= 0.3 is 0 Å². The third-order valence-electron chi connectivity index (χ3n) is 5.47. The Morgan fingerprint density at radius 2 is 1.94 bits per heavy atom. The first-order valence-corrected chi connectivity index (χ1v) is 10.6. The summed E-state index contributed by atoms with van der Waals surface area (Å²) in [4.78, 5) is 17.5. The highest BCUT2D eigenvalue weighted by Gasteiger charge is 2.16. The van der Waals surface area contributed by atoms with Gasteiger partial charge in [0.2, 0.25) is 5.95 Å². The summed E-state index contributed by atoms with van der Waals surface area (Å²) >= 11 is 0. The summed E-state index contributed by atoms with van der Waals surface area (Å²) in [6.45, 7) is 5.29. The molecule has 2 aromatic heterocycles. The first kappa shape index (κ1) is 20.3. The van der Waals surface area contributed by atoms with Crippen LogP contribution in [0.2, 0.25) is 0 Å². The number of piperazine rings is 1. The van der Waals surface area contributed by atoms with Gasteiger partial charge in [0.05, 0.1) is 12.7 Å². The average Bonchev–Trinajstić information content (AvgIpc) is 2.82. The average molecular weight is 436 g/mol. The van der Waals surface area contributed by atoms with E-state index in [4.69, 9.17) is 4.74 Å². The summed E-state index contributed by atoms with van der Waals surface area (Å²) in [5.74, 6) is 1.53. The Labute approximate surface area is 185 Å². The molecule has 3 N–H and O–H groups in total. The van der Waals surface area contributed by atoms with Crippen LogP contribution >= 0.6 is 0 Å². The lowest BCUT2D eigenvalue weighted by atomic mass is 10.2. The van der Waals surface area contributed by atoms with Crippen molar-refractivity contribution in [1.29, 1.82) is 0 Å². The lowest BCUT2D eigenvalue weighted by Crippen LogP contribution is -2.44. The van der Waals surface area contributed by atoms with Crippen LogP contribution in [0.1, 0.15) is 0 Å². The van der Waals surface area contributed by atoms with Crippen LogP contribution in [0.15, 0.2) is 42.6 Å². The zero-order chi connectivity index (χ0) is 21.9. The van der Waals surface area contributed by atoms with Crippen molar-refractivity contribution in [3.8, 4) is 5.75 Å². The molecule has 1 saturated heterocycles. The zero-order valence-corrected chi connectivity index (χ0v) is 17.8. The minimum Gasteiger partial charge on any atom is -0.488 e. The summed E-state index contributed by atoms with van der Waals surface area (Å²) in [6, 6.07) is 11.6. The molecule has 0 bridgehead atoms. The van der Waals surface area contributed by atoms with Crippen molar-refractivity contribution in [3.05, 3.63) is 48.4 Å². The van der Waals surface area contributed by atoms with Crippen molar-refractivity contribution in [3.63, 3.8) is 0 Å². The van der Waals surface area contributed by atoms with Crippen molar-refractivity contribution in [1.82, 2.24) is 19.9 Å². The Morgan fingerprint density at radius 3 is 2.81 bits per heavy atom. The maximum Gasteiger partial charge on any atom is 0.229 e. The van der Waals surface area contributed by atoms with E-state index < -0.39 is 5.82 Å². The molecule has 0 radical (unpaired) electrons. The smallest absolute Gasteiger partial charge is 0.229 e. The van der Waals surface area contributed by atoms with E-state index in [1.165, 1.54) is 0 Å². The van der Waals surface area contributed by atoms with Gasteiger partial charge in [-0.2, -0.15) is 4.98 Å². The highest BCUT2D eigenvalue weighted by Crippen LogP contribution is 2.28. The van der Waals surface area contributed by atoms with Crippen LogP contribution in [0.25, 0.3) is 0 Å². The highest BCUT2D eigenvalue weighted by atomic mass is 19.1. The first-order valence-electron chi connectivity index (χ1n) is 10.6. The van der Waals surface area contributed by atoms with Crippen molar-refractivity contribution in [2.45, 2.75) is 0 Å². The van der Waals surface area contributed by atoms with Gasteiger partial charge in [0, 0.05) is 37.6 Å². The number of nitrogens with zero attached hydrogens (tertiary/aromatic N) is 5. The van der Waals surface area contributed by atoms with Crippen LogP contribution in [0.4, 0.5) is 39.2 Å². The van der Waals surface area contributed by atoms with Gasteiger partial charge in [0.15, 0.2) is 23.2 Å². The Kier molecular flexibility index (Phi) is 5.59. The lowest BCUT2D eigenvalue weighted by molar-refractivity contribution is 0.313. The summed E-state index contributed by atoms with van der Waals surface area (Å²) < 4.78 is 19.9. The summed E-state index contributed by atoms with van der Waals surface area (Å²) in [5.41, 5.74) is 1.98. The molecule has 32 heavy (non-hydrogen) atoms. The van der Waals surface area contributed by atoms with Crippen LogP contribution < -0.4 is 25.6 Å². The van der Waals surface area contributed by atoms with Gasteiger partial charge in [-0.05, 0) is 37.4 Å². The molecule has 0 aliphatic carbocycles. The maximum absolute atomic E-state index is 14.4. The molecule has 9 nitrogen and oxygen atoms in total. The fraction of sp³-hybridized carbons (Fsp3) is 0.318. The van der Waals surface area contributed by atoms with E-state index in [1.807, 2.05) is 12.1 Å². The predicted octanol–water partition coefficient (Wildman–Crippen LogP) is 3.05. The standard InChI is InChI=1S/C22H25FN8O/c1-30-8-10-31(11-9-30)16-4-2-3-15(13-16)26-22-25-14-17(23)20(29-22)27-19-6-5-18-21(28-19)24-7-12-32-18/h2-6,13-14H,7-12H2,1H3,(H3,24,25,26,27,28,29). The summed E-state index contributed by atoms with van der Waals surface area (Å²) in [7, 11) is 2.14. The monoisotopic (exact) mass is 436 g/mol. The molecule has 0 saturated carbocycles. The second-order valence-electron chi connectivity index (χ2n) is 7.80. The molecular weight excluding hydrogens is 411 g/mol. The van der Waals surface area contributed by atoms with Crippen LogP contribution in [-0.4, -0.2) is 66.2 Å². The molecule has 2 aliphatic rings. The number of pyridine rings is 1. The molecule has 0 spiro atoms. The molecule has 3 aromatic rings. The van der Waals surface area contributed by atoms with E-state index in [0.717, 1.165) is 43.8 Å². The van der Waals surface area contributed by atoms with Crippen molar-refractivity contribution in [2.75, 3.05) is 67.2 Å². The van der Waals surface area contributed by atoms with Crippen LogP contribution in [-0.2, 0) is 0 Å². The zero-order valence-electron chi connectivity index (χ0n) is 17.8. The van der Waals surface area contributed by atoms with Gasteiger partial charge in [-0.15, -0.1) is 0 Å². The molecule has 0 amide bonds. The normalized spacial score (nSPS) is 16.0. The number of rotatable bonds is 5. The molecule has 166 valence electrons. The van der Waals surface area contributed by atoms with E-state index >= 15 is 0 Å². The number of halogens is 1. The van der Waals surface area contributed by atoms with Gasteiger partial charge in [-0.3, -0.25) is 0 Å². The largest absolute Gasteiger partial charge is 0.488 e. The number of anilines is 6. The third kappa shape index (κ3) is 4.50. The first-order chi connectivity index (χ1) is 15.6. The molecule has 4 heterocycles. The highest BCUT2D eigenvalue weighted by molar-refractivity contribution is 5.64. The van der Waals surface area contributed by atoms with E-state index in [9.17, 15) is 4.39 Å². The number of hydrogen-bond acceptors (Lipinski definition) is 9. The molecule has 5 rings (SSSR count). The van der Waals surface area contributed by atoms with Crippen LogP contribution in [0.3, 0.4) is 0 Å². The topological polar surface area (TPSA) is 90.5 Å². The predicted molar refractivity (Wildman–Crippen MR) is 123 cm³/mol. The minimum absolute atomic E-state index is 0.0434. The quantitative estimate of drug-likeness (QED) is 0.558. The second kappa shape index (κ2) is 8.83. The molecule has 1 aromatic carbocycles. The number of aromatic nitrogens is 3. The van der Waals surface area contributed by atoms with Gasteiger partial charge in [0.1, 0.15) is 12.4 Å². The molecule has 1 fully saturated rings.